The van der Waals surface area contributed by atoms with Crippen molar-refractivity contribution < 1.29 is 13.6 Å². The number of aromatic nitrogens is 2. The summed E-state index contributed by atoms with van der Waals surface area (Å²) in [6.07, 6.45) is 0. The first-order chi connectivity index (χ1) is 11.1. The van der Waals surface area contributed by atoms with Crippen molar-refractivity contribution >= 4 is 40.0 Å². The van der Waals surface area contributed by atoms with Crippen molar-refractivity contribution in [2.45, 2.75) is 24.0 Å². The van der Waals surface area contributed by atoms with Crippen molar-refractivity contribution in [3.05, 3.63) is 46.7 Å². The van der Waals surface area contributed by atoms with Gasteiger partial charge in [-0.1, -0.05) is 18.2 Å². The summed E-state index contributed by atoms with van der Waals surface area (Å²) in [4.78, 5) is 17.4. The number of rotatable bonds is 6. The molecule has 0 radical (unpaired) electrons. The largest absolute Gasteiger partial charge is 0.350 e. The number of nitrogens with one attached hydrogen (secondary N) is 1. The Kier molecular flexibility index (Phi) is 4.92. The monoisotopic (exact) mass is 353 g/mol. The number of thiophene rings is 1. The summed E-state index contributed by atoms with van der Waals surface area (Å²) < 4.78 is 26.9. The van der Waals surface area contributed by atoms with Gasteiger partial charge >= 0.3 is 0 Å². The van der Waals surface area contributed by atoms with E-state index in [1.807, 2.05) is 17.5 Å². The smallest absolute Gasteiger partial charge is 0.291 e. The van der Waals surface area contributed by atoms with Crippen LogP contribution in [0, 0.1) is 0 Å². The minimum Gasteiger partial charge on any atom is -0.350 e. The summed E-state index contributed by atoms with van der Waals surface area (Å²) in [5.74, 6) is -2.82. The Hall–Kier alpha value is -1.93. The number of alkyl halides is 2. The van der Waals surface area contributed by atoms with E-state index in [9.17, 15) is 13.6 Å². The minimum absolute atomic E-state index is 0.0407. The number of hydrogen-bond donors (Lipinski definition) is 1. The minimum atomic E-state index is -2.58. The van der Waals surface area contributed by atoms with Crippen LogP contribution in [0.25, 0.3) is 11.0 Å². The molecule has 1 N–H and O–H groups in total. The fraction of sp³-hybridized carbons (Fsp3) is 0.200. The topological polar surface area (TPSA) is 46.9 Å². The number of carbonyl (C=O) groups is 1. The van der Waals surface area contributed by atoms with E-state index < -0.39 is 5.76 Å². The Labute approximate surface area is 139 Å². The van der Waals surface area contributed by atoms with E-state index in [2.05, 4.69) is 10.3 Å². The van der Waals surface area contributed by atoms with Crippen molar-refractivity contribution in [3.63, 3.8) is 0 Å². The molecule has 23 heavy (non-hydrogen) atoms. The third kappa shape index (κ3) is 3.89. The lowest BCUT2D eigenvalue weighted by atomic mass is 10.3. The highest BCUT2D eigenvalue weighted by atomic mass is 32.2. The molecule has 1 aromatic carbocycles. The Balaban J connectivity index is 1.78. The third-order valence-electron chi connectivity index (χ3n) is 3.16. The lowest BCUT2D eigenvalue weighted by molar-refractivity contribution is -0.121. The summed E-state index contributed by atoms with van der Waals surface area (Å²) >= 11 is 1.90. The zero-order valence-corrected chi connectivity index (χ0v) is 13.5. The predicted molar refractivity (Wildman–Crippen MR) is 87.8 cm³/mol. The van der Waals surface area contributed by atoms with E-state index in [1.165, 1.54) is 4.57 Å². The number of thioether (sulfide) groups is 1. The molecule has 2 aromatic heterocycles. The molecule has 0 bridgehead atoms. The first kappa shape index (κ1) is 15.9. The lowest BCUT2D eigenvalue weighted by Gasteiger charge is -2.09. The van der Waals surface area contributed by atoms with Gasteiger partial charge in [0.05, 0.1) is 17.6 Å². The lowest BCUT2D eigenvalue weighted by Crippen LogP contribution is -2.27. The first-order valence-corrected chi connectivity index (χ1v) is 8.58. The molecule has 0 saturated carbocycles. The summed E-state index contributed by atoms with van der Waals surface area (Å²) in [7, 11) is 0. The van der Waals surface area contributed by atoms with Crippen LogP contribution in [0.15, 0.2) is 46.9 Å². The Morgan fingerprint density at radius 3 is 2.87 bits per heavy atom. The van der Waals surface area contributed by atoms with E-state index in [0.717, 1.165) is 4.88 Å². The normalized spacial score (nSPS) is 11.3. The Morgan fingerprint density at radius 1 is 1.30 bits per heavy atom. The number of halogens is 2. The summed E-state index contributed by atoms with van der Waals surface area (Å²) in [6.45, 7) is 0.390. The molecule has 0 unspecified atom stereocenters. The molecule has 1 amide bonds. The SMILES string of the molecule is O=C(Cn1c(SC(F)F)nc2ccccc21)NCc1cccs1. The van der Waals surface area contributed by atoms with Crippen LogP contribution < -0.4 is 5.32 Å². The third-order valence-corrected chi connectivity index (χ3v) is 4.73. The molecule has 2 heterocycles. The molecule has 0 aliphatic rings. The maximum Gasteiger partial charge on any atom is 0.291 e. The Morgan fingerprint density at radius 2 is 2.13 bits per heavy atom. The average Bonchev–Trinajstić information content (AvgIpc) is 3.14. The van der Waals surface area contributed by atoms with Gasteiger partial charge in [0.25, 0.3) is 5.76 Å². The number of benzene rings is 1. The highest BCUT2D eigenvalue weighted by Crippen LogP contribution is 2.28. The molecule has 8 heteroatoms. The zero-order chi connectivity index (χ0) is 16.2. The Bertz CT molecular complexity index is 802. The second-order valence-corrected chi connectivity index (χ2v) is 6.69. The van der Waals surface area contributed by atoms with Crippen molar-refractivity contribution in [2.24, 2.45) is 0 Å². The number of fused-ring (bicyclic) bond motifs is 1. The van der Waals surface area contributed by atoms with Gasteiger partial charge in [-0.25, -0.2) is 4.98 Å². The molecule has 3 rings (SSSR count). The van der Waals surface area contributed by atoms with Gasteiger partial charge < -0.3 is 9.88 Å². The van der Waals surface area contributed by atoms with E-state index >= 15 is 0 Å². The van der Waals surface area contributed by atoms with Gasteiger partial charge in [-0.05, 0) is 35.3 Å². The van der Waals surface area contributed by atoms with E-state index in [0.29, 0.717) is 29.3 Å². The summed E-state index contributed by atoms with van der Waals surface area (Å²) in [6, 6.07) is 10.9. The number of carbonyl (C=O) groups excluding carboxylic acids is 1. The van der Waals surface area contributed by atoms with Gasteiger partial charge in [-0.15, -0.1) is 11.3 Å². The maximum absolute atomic E-state index is 12.7. The molecule has 0 aliphatic heterocycles. The van der Waals surface area contributed by atoms with Gasteiger partial charge in [-0.2, -0.15) is 8.78 Å². The van der Waals surface area contributed by atoms with Gasteiger partial charge in [0.2, 0.25) is 5.91 Å². The molecule has 0 aliphatic carbocycles. The van der Waals surface area contributed by atoms with Gasteiger partial charge in [0.15, 0.2) is 5.16 Å². The predicted octanol–water partition coefficient (Wildman–Crippen LogP) is 3.73. The fourth-order valence-electron chi connectivity index (χ4n) is 2.17. The second kappa shape index (κ2) is 7.10. The number of imidazole rings is 1. The van der Waals surface area contributed by atoms with Crippen molar-refractivity contribution in [1.82, 2.24) is 14.9 Å². The first-order valence-electron chi connectivity index (χ1n) is 6.82. The molecule has 120 valence electrons. The molecule has 0 saturated heterocycles. The van der Waals surface area contributed by atoms with Crippen LogP contribution in [-0.2, 0) is 17.9 Å². The second-order valence-electron chi connectivity index (χ2n) is 4.70. The van der Waals surface area contributed by atoms with E-state index in [-0.39, 0.29) is 17.6 Å². The van der Waals surface area contributed by atoms with E-state index in [4.69, 9.17) is 0 Å². The molecule has 0 spiro atoms. The number of nitrogens with zero attached hydrogens (tertiary/aromatic N) is 2. The van der Waals surface area contributed by atoms with Crippen LogP contribution in [0.5, 0.6) is 0 Å². The van der Waals surface area contributed by atoms with Crippen LogP contribution in [-0.4, -0.2) is 21.2 Å². The maximum atomic E-state index is 12.7. The fourth-order valence-corrected chi connectivity index (χ4v) is 3.42. The number of amides is 1. The van der Waals surface area contributed by atoms with Crippen molar-refractivity contribution in [2.75, 3.05) is 0 Å². The highest BCUT2D eigenvalue weighted by molar-refractivity contribution is 7.99. The molecule has 3 aromatic rings. The molecule has 0 fully saturated rings. The highest BCUT2D eigenvalue weighted by Gasteiger charge is 2.17. The summed E-state index contributed by atoms with van der Waals surface area (Å²) in [5.41, 5.74) is 1.27. The quantitative estimate of drug-likeness (QED) is 0.687. The van der Waals surface area contributed by atoms with Crippen molar-refractivity contribution in [1.29, 1.82) is 0 Å². The molecule has 0 atom stereocenters. The summed E-state index contributed by atoms with van der Waals surface area (Å²) in [5, 5.41) is 4.87. The molecular weight excluding hydrogens is 340 g/mol. The van der Waals surface area contributed by atoms with Crippen molar-refractivity contribution in [3.8, 4) is 0 Å². The number of hydrogen-bond acceptors (Lipinski definition) is 4. The standard InChI is InChI=1S/C15H13F2N3OS2/c16-14(17)23-15-19-11-5-1-2-6-12(11)20(15)9-13(21)18-8-10-4-3-7-22-10/h1-7,14H,8-9H2,(H,18,21). The molecule has 4 nitrogen and oxygen atoms in total. The van der Waals surface area contributed by atoms with Crippen LogP contribution in [0.3, 0.4) is 0 Å². The van der Waals surface area contributed by atoms with Crippen LogP contribution in [0.4, 0.5) is 8.78 Å². The van der Waals surface area contributed by atoms with Gasteiger partial charge in [0, 0.05) is 4.88 Å². The molecular formula is C15H13F2N3OS2. The van der Waals surface area contributed by atoms with Crippen LogP contribution in [0.1, 0.15) is 4.88 Å². The zero-order valence-electron chi connectivity index (χ0n) is 11.9. The van der Waals surface area contributed by atoms with Crippen LogP contribution in [0.2, 0.25) is 0 Å². The van der Waals surface area contributed by atoms with Gasteiger partial charge in [0.1, 0.15) is 6.54 Å². The van der Waals surface area contributed by atoms with Crippen LogP contribution >= 0.6 is 23.1 Å². The number of para-hydroxylation sites is 2. The van der Waals surface area contributed by atoms with E-state index in [1.54, 1.807) is 35.6 Å². The average molecular weight is 353 g/mol. The van der Waals surface area contributed by atoms with Gasteiger partial charge in [-0.3, -0.25) is 4.79 Å².